The SMILES string of the molecule is Cc1ccccc1CC(=O)Nc1cccc(C2NC(=O)N(C)C2=O)c1. The molecule has 2 N–H and O–H groups in total. The molecule has 1 aliphatic rings. The van der Waals surface area contributed by atoms with Crippen molar-refractivity contribution in [2.75, 3.05) is 12.4 Å². The van der Waals surface area contributed by atoms with Gasteiger partial charge in [-0.1, -0.05) is 36.4 Å². The summed E-state index contributed by atoms with van der Waals surface area (Å²) in [4.78, 5) is 37.0. The van der Waals surface area contributed by atoms with Gasteiger partial charge in [0.2, 0.25) is 5.91 Å². The first-order chi connectivity index (χ1) is 12.0. The Labute approximate surface area is 145 Å². The van der Waals surface area contributed by atoms with Crippen LogP contribution in [0.5, 0.6) is 0 Å². The summed E-state index contributed by atoms with van der Waals surface area (Å²) in [5, 5.41) is 5.46. The Kier molecular flexibility index (Phi) is 4.52. The smallest absolute Gasteiger partial charge is 0.324 e. The Morgan fingerprint density at radius 3 is 2.60 bits per heavy atom. The molecule has 1 saturated heterocycles. The normalized spacial score (nSPS) is 16.7. The van der Waals surface area contributed by atoms with Crippen molar-refractivity contribution in [2.24, 2.45) is 0 Å². The molecule has 2 aromatic carbocycles. The molecule has 0 aliphatic carbocycles. The fraction of sp³-hybridized carbons (Fsp3) is 0.211. The number of anilines is 1. The van der Waals surface area contributed by atoms with E-state index in [2.05, 4.69) is 10.6 Å². The zero-order valence-electron chi connectivity index (χ0n) is 14.1. The number of carbonyl (C=O) groups is 3. The Morgan fingerprint density at radius 1 is 1.16 bits per heavy atom. The number of nitrogens with zero attached hydrogens (tertiary/aromatic N) is 1. The van der Waals surface area contributed by atoms with E-state index in [4.69, 9.17) is 0 Å². The number of amides is 4. The first-order valence-corrected chi connectivity index (χ1v) is 7.98. The second-order valence-corrected chi connectivity index (χ2v) is 6.06. The number of carbonyl (C=O) groups excluding carboxylic acids is 3. The zero-order valence-corrected chi connectivity index (χ0v) is 14.1. The van der Waals surface area contributed by atoms with Crippen LogP contribution in [0.2, 0.25) is 0 Å². The standard InChI is InChI=1S/C19H19N3O3/c1-12-6-3-4-7-13(12)11-16(23)20-15-9-5-8-14(10-15)17-18(24)22(2)19(25)21-17/h3-10,17H,11H2,1-2H3,(H,20,23)(H,21,25). The molecule has 0 aromatic heterocycles. The molecule has 1 unspecified atom stereocenters. The number of urea groups is 1. The highest BCUT2D eigenvalue weighted by Crippen LogP contribution is 2.23. The quantitative estimate of drug-likeness (QED) is 0.841. The van der Waals surface area contributed by atoms with Gasteiger partial charge in [-0.25, -0.2) is 4.79 Å². The van der Waals surface area contributed by atoms with Crippen LogP contribution in [0.1, 0.15) is 22.7 Å². The van der Waals surface area contributed by atoms with Crippen molar-refractivity contribution < 1.29 is 14.4 Å². The first kappa shape index (κ1) is 16.7. The van der Waals surface area contributed by atoms with Crippen molar-refractivity contribution in [1.29, 1.82) is 0 Å². The van der Waals surface area contributed by atoms with Crippen molar-refractivity contribution in [3.05, 3.63) is 65.2 Å². The van der Waals surface area contributed by atoms with Crippen molar-refractivity contribution >= 4 is 23.5 Å². The van der Waals surface area contributed by atoms with Crippen LogP contribution in [0.4, 0.5) is 10.5 Å². The molecular formula is C19H19N3O3. The molecule has 128 valence electrons. The third-order valence-corrected chi connectivity index (χ3v) is 4.27. The van der Waals surface area contributed by atoms with Crippen LogP contribution in [0.3, 0.4) is 0 Å². The summed E-state index contributed by atoms with van der Waals surface area (Å²) >= 11 is 0. The molecular weight excluding hydrogens is 318 g/mol. The van der Waals surface area contributed by atoms with Crippen LogP contribution in [0.15, 0.2) is 48.5 Å². The summed E-state index contributed by atoms with van der Waals surface area (Å²) in [6.45, 7) is 1.97. The zero-order chi connectivity index (χ0) is 18.0. The average Bonchev–Trinajstić information content (AvgIpc) is 2.85. The van der Waals surface area contributed by atoms with Gasteiger partial charge < -0.3 is 10.6 Å². The van der Waals surface area contributed by atoms with Gasteiger partial charge in [-0.05, 0) is 35.7 Å². The van der Waals surface area contributed by atoms with Crippen molar-refractivity contribution in [3.8, 4) is 0 Å². The van der Waals surface area contributed by atoms with Crippen LogP contribution in [-0.4, -0.2) is 29.8 Å². The highest BCUT2D eigenvalue weighted by molar-refractivity contribution is 6.04. The molecule has 1 heterocycles. The minimum absolute atomic E-state index is 0.134. The van der Waals surface area contributed by atoms with Gasteiger partial charge in [-0.15, -0.1) is 0 Å². The lowest BCUT2D eigenvalue weighted by Gasteiger charge is -2.12. The maximum absolute atomic E-state index is 12.3. The summed E-state index contributed by atoms with van der Waals surface area (Å²) in [6, 6.07) is 13.5. The lowest BCUT2D eigenvalue weighted by Crippen LogP contribution is -2.25. The van der Waals surface area contributed by atoms with Crippen molar-refractivity contribution in [2.45, 2.75) is 19.4 Å². The van der Waals surface area contributed by atoms with Gasteiger partial charge in [0.15, 0.2) is 0 Å². The Balaban J connectivity index is 1.72. The van der Waals surface area contributed by atoms with Crippen LogP contribution in [0, 0.1) is 6.92 Å². The third kappa shape index (κ3) is 3.52. The molecule has 6 heteroatoms. The van der Waals surface area contributed by atoms with E-state index in [0.717, 1.165) is 16.0 Å². The van der Waals surface area contributed by atoms with Crippen LogP contribution < -0.4 is 10.6 Å². The molecule has 2 aromatic rings. The van der Waals surface area contributed by atoms with E-state index >= 15 is 0 Å². The van der Waals surface area contributed by atoms with E-state index < -0.39 is 12.1 Å². The van der Waals surface area contributed by atoms with Gasteiger partial charge in [0.1, 0.15) is 6.04 Å². The van der Waals surface area contributed by atoms with Crippen LogP contribution in [0.25, 0.3) is 0 Å². The molecule has 3 rings (SSSR count). The number of nitrogens with one attached hydrogen (secondary N) is 2. The molecule has 4 amide bonds. The van der Waals surface area contributed by atoms with Gasteiger partial charge >= 0.3 is 6.03 Å². The maximum atomic E-state index is 12.3. The Bertz CT molecular complexity index is 847. The van der Waals surface area contributed by atoms with E-state index in [0.29, 0.717) is 11.3 Å². The minimum atomic E-state index is -0.717. The Hall–Kier alpha value is -3.15. The van der Waals surface area contributed by atoms with Gasteiger partial charge in [0.25, 0.3) is 5.91 Å². The molecule has 6 nitrogen and oxygen atoms in total. The number of benzene rings is 2. The molecule has 0 bridgehead atoms. The topological polar surface area (TPSA) is 78.5 Å². The van der Waals surface area contributed by atoms with Crippen molar-refractivity contribution in [3.63, 3.8) is 0 Å². The lowest BCUT2D eigenvalue weighted by atomic mass is 10.0. The fourth-order valence-corrected chi connectivity index (χ4v) is 2.78. The lowest BCUT2D eigenvalue weighted by molar-refractivity contribution is -0.126. The van der Waals surface area contributed by atoms with Gasteiger partial charge in [-0.3, -0.25) is 14.5 Å². The fourth-order valence-electron chi connectivity index (χ4n) is 2.78. The molecule has 1 aliphatic heterocycles. The highest BCUT2D eigenvalue weighted by atomic mass is 16.2. The average molecular weight is 337 g/mol. The predicted octanol–water partition coefficient (Wildman–Crippen LogP) is 2.40. The van der Waals surface area contributed by atoms with E-state index in [1.165, 1.54) is 7.05 Å². The van der Waals surface area contributed by atoms with Gasteiger partial charge in [0.05, 0.1) is 6.42 Å². The van der Waals surface area contributed by atoms with Gasteiger partial charge in [0, 0.05) is 12.7 Å². The highest BCUT2D eigenvalue weighted by Gasteiger charge is 2.36. The maximum Gasteiger partial charge on any atom is 0.324 e. The molecule has 0 spiro atoms. The second kappa shape index (κ2) is 6.76. The summed E-state index contributed by atoms with van der Waals surface area (Å²) < 4.78 is 0. The largest absolute Gasteiger partial charge is 0.326 e. The summed E-state index contributed by atoms with van der Waals surface area (Å²) in [5.74, 6) is -0.446. The number of rotatable bonds is 4. The monoisotopic (exact) mass is 337 g/mol. The Morgan fingerprint density at radius 2 is 1.92 bits per heavy atom. The second-order valence-electron chi connectivity index (χ2n) is 6.06. The van der Waals surface area contributed by atoms with Crippen molar-refractivity contribution in [1.82, 2.24) is 10.2 Å². The van der Waals surface area contributed by atoms with E-state index in [1.807, 2.05) is 31.2 Å². The van der Waals surface area contributed by atoms with E-state index in [1.54, 1.807) is 24.3 Å². The number of likely N-dealkylation sites (N-methyl/N-ethyl adjacent to an activating group) is 1. The van der Waals surface area contributed by atoms with Gasteiger partial charge in [-0.2, -0.15) is 0 Å². The predicted molar refractivity (Wildman–Crippen MR) is 94.0 cm³/mol. The minimum Gasteiger partial charge on any atom is -0.326 e. The molecule has 1 atom stereocenters. The molecule has 0 saturated carbocycles. The third-order valence-electron chi connectivity index (χ3n) is 4.27. The molecule has 1 fully saturated rings. The molecule has 0 radical (unpaired) electrons. The number of hydrogen-bond donors (Lipinski definition) is 2. The van der Waals surface area contributed by atoms with E-state index in [-0.39, 0.29) is 18.2 Å². The molecule has 25 heavy (non-hydrogen) atoms. The summed E-state index contributed by atoms with van der Waals surface area (Å²) in [7, 11) is 1.44. The van der Waals surface area contributed by atoms with Crippen LogP contribution >= 0.6 is 0 Å². The first-order valence-electron chi connectivity index (χ1n) is 7.98. The number of imide groups is 1. The number of hydrogen-bond acceptors (Lipinski definition) is 3. The number of aryl methyl sites for hydroxylation is 1. The van der Waals surface area contributed by atoms with Crippen LogP contribution in [-0.2, 0) is 16.0 Å². The summed E-state index contributed by atoms with van der Waals surface area (Å²) in [5.41, 5.74) is 3.26. The van der Waals surface area contributed by atoms with E-state index in [9.17, 15) is 14.4 Å². The summed E-state index contributed by atoms with van der Waals surface area (Å²) in [6.07, 6.45) is 0.277.